The molecule has 1 unspecified atom stereocenters. The van der Waals surface area contributed by atoms with Crippen molar-refractivity contribution >= 4 is 11.3 Å². The first kappa shape index (κ1) is 12.7. The van der Waals surface area contributed by atoms with Crippen LogP contribution in [0.2, 0.25) is 0 Å². The molecule has 0 aliphatic heterocycles. The van der Waals surface area contributed by atoms with Gasteiger partial charge in [0.05, 0.1) is 0 Å². The van der Waals surface area contributed by atoms with Gasteiger partial charge >= 0.3 is 0 Å². The molecule has 3 N–H and O–H groups in total. The van der Waals surface area contributed by atoms with Crippen molar-refractivity contribution < 1.29 is 0 Å². The molecular weight excluding hydrogens is 204 g/mol. The number of rotatable bonds is 7. The normalized spacial score (nSPS) is 13.3. The summed E-state index contributed by atoms with van der Waals surface area (Å²) in [4.78, 5) is 1.42. The van der Waals surface area contributed by atoms with Crippen LogP contribution < -0.4 is 11.3 Å². The lowest BCUT2D eigenvalue weighted by Gasteiger charge is -2.20. The molecule has 0 radical (unpaired) electrons. The Morgan fingerprint density at radius 3 is 2.60 bits per heavy atom. The Labute approximate surface area is 96.9 Å². The maximum Gasteiger partial charge on any atom is 0.0261 e. The number of thiophene rings is 1. The van der Waals surface area contributed by atoms with E-state index in [0.717, 1.165) is 12.3 Å². The van der Waals surface area contributed by atoms with Gasteiger partial charge in [0.25, 0.3) is 0 Å². The molecule has 0 saturated carbocycles. The lowest BCUT2D eigenvalue weighted by molar-refractivity contribution is 0.368. The van der Waals surface area contributed by atoms with Crippen LogP contribution in [0.25, 0.3) is 0 Å². The maximum atomic E-state index is 5.60. The van der Waals surface area contributed by atoms with Crippen molar-refractivity contribution in [1.29, 1.82) is 0 Å². The van der Waals surface area contributed by atoms with Gasteiger partial charge in [-0.25, -0.2) is 0 Å². The summed E-state index contributed by atoms with van der Waals surface area (Å²) in [6.45, 7) is 4.51. The smallest absolute Gasteiger partial charge is 0.0261 e. The highest BCUT2D eigenvalue weighted by Gasteiger charge is 2.13. The molecular formula is C12H22N2S. The minimum absolute atomic E-state index is 0.425. The molecule has 0 amide bonds. The van der Waals surface area contributed by atoms with E-state index < -0.39 is 0 Å². The van der Waals surface area contributed by atoms with Crippen molar-refractivity contribution in [3.63, 3.8) is 0 Å². The van der Waals surface area contributed by atoms with Crippen LogP contribution >= 0.6 is 11.3 Å². The first-order valence-corrected chi connectivity index (χ1v) is 6.66. The summed E-state index contributed by atoms with van der Waals surface area (Å²) in [5.74, 6) is 6.40. The fourth-order valence-electron chi connectivity index (χ4n) is 1.91. The molecule has 0 aliphatic carbocycles. The van der Waals surface area contributed by atoms with Crippen molar-refractivity contribution in [1.82, 2.24) is 5.43 Å². The number of hydrogen-bond donors (Lipinski definition) is 2. The van der Waals surface area contributed by atoms with Gasteiger partial charge < -0.3 is 0 Å². The molecule has 0 spiro atoms. The second-order valence-corrected chi connectivity index (χ2v) is 5.10. The molecule has 86 valence electrons. The van der Waals surface area contributed by atoms with E-state index in [1.54, 1.807) is 0 Å². The topological polar surface area (TPSA) is 38.0 Å². The Hall–Kier alpha value is -0.380. The quantitative estimate of drug-likeness (QED) is 0.554. The lowest BCUT2D eigenvalue weighted by Crippen LogP contribution is -2.38. The zero-order valence-electron chi connectivity index (χ0n) is 9.70. The zero-order valence-corrected chi connectivity index (χ0v) is 10.5. The first-order valence-electron chi connectivity index (χ1n) is 5.78. The van der Waals surface area contributed by atoms with Crippen molar-refractivity contribution in [2.24, 2.45) is 11.8 Å². The van der Waals surface area contributed by atoms with E-state index in [2.05, 4.69) is 36.8 Å². The number of hydrazine groups is 1. The van der Waals surface area contributed by atoms with Crippen LogP contribution in [0, 0.1) is 5.92 Å². The lowest BCUT2D eigenvalue weighted by atomic mass is 9.93. The Balaban J connectivity index is 2.42. The van der Waals surface area contributed by atoms with Gasteiger partial charge in [-0.15, -0.1) is 11.3 Å². The number of nitrogens with two attached hydrogens (primary N) is 1. The maximum absolute atomic E-state index is 5.60. The van der Waals surface area contributed by atoms with Gasteiger partial charge in [-0.05, 0) is 30.2 Å². The molecule has 1 atom stereocenters. The summed E-state index contributed by atoms with van der Waals surface area (Å²) in [5.41, 5.74) is 2.95. The van der Waals surface area contributed by atoms with Crippen molar-refractivity contribution in [3.8, 4) is 0 Å². The summed E-state index contributed by atoms with van der Waals surface area (Å²) >= 11 is 1.81. The molecule has 0 saturated heterocycles. The van der Waals surface area contributed by atoms with Crippen LogP contribution in [0.1, 0.15) is 38.0 Å². The van der Waals surface area contributed by atoms with Gasteiger partial charge in [0.1, 0.15) is 0 Å². The highest BCUT2D eigenvalue weighted by molar-refractivity contribution is 7.09. The predicted molar refractivity (Wildman–Crippen MR) is 67.8 cm³/mol. The van der Waals surface area contributed by atoms with Crippen molar-refractivity contribution in [3.05, 3.63) is 22.4 Å². The molecule has 15 heavy (non-hydrogen) atoms. The zero-order chi connectivity index (χ0) is 11.1. The Kier molecular flexibility index (Phi) is 5.91. The van der Waals surface area contributed by atoms with Crippen LogP contribution in [0.4, 0.5) is 0 Å². The van der Waals surface area contributed by atoms with Crippen molar-refractivity contribution in [2.75, 3.05) is 0 Å². The number of nitrogens with one attached hydrogen (secondary N) is 1. The first-order chi connectivity index (χ1) is 7.30. The third kappa shape index (κ3) is 4.33. The van der Waals surface area contributed by atoms with Gasteiger partial charge in [0.2, 0.25) is 0 Å². The van der Waals surface area contributed by atoms with Crippen LogP contribution in [0.5, 0.6) is 0 Å². The Bertz CT molecular complexity index is 242. The Morgan fingerprint density at radius 1 is 1.40 bits per heavy atom. The van der Waals surface area contributed by atoms with Gasteiger partial charge in [0, 0.05) is 10.9 Å². The molecule has 1 aromatic rings. The second kappa shape index (κ2) is 6.99. The SMILES string of the molecule is CCC(CC)CC(Cc1cccs1)NN. The van der Waals surface area contributed by atoms with E-state index in [0.29, 0.717) is 6.04 Å². The molecule has 0 aliphatic rings. The minimum atomic E-state index is 0.425. The molecule has 0 aromatic carbocycles. The minimum Gasteiger partial charge on any atom is -0.271 e. The van der Waals surface area contributed by atoms with E-state index in [1.807, 2.05) is 11.3 Å². The van der Waals surface area contributed by atoms with Crippen LogP contribution in [-0.4, -0.2) is 6.04 Å². The molecule has 1 rings (SSSR count). The standard InChI is InChI=1S/C12H22N2S/c1-3-10(4-2)8-11(14-13)9-12-6-5-7-15-12/h5-7,10-11,14H,3-4,8-9,13H2,1-2H3. The van der Waals surface area contributed by atoms with E-state index in [-0.39, 0.29) is 0 Å². The van der Waals surface area contributed by atoms with E-state index in [1.165, 1.54) is 24.1 Å². The summed E-state index contributed by atoms with van der Waals surface area (Å²) in [6.07, 6.45) is 4.74. The molecule has 0 bridgehead atoms. The summed E-state index contributed by atoms with van der Waals surface area (Å²) < 4.78 is 0. The van der Waals surface area contributed by atoms with E-state index >= 15 is 0 Å². The van der Waals surface area contributed by atoms with Gasteiger partial charge in [0.15, 0.2) is 0 Å². The van der Waals surface area contributed by atoms with Crippen LogP contribution in [0.15, 0.2) is 17.5 Å². The van der Waals surface area contributed by atoms with Gasteiger partial charge in [-0.1, -0.05) is 32.8 Å². The fraction of sp³-hybridized carbons (Fsp3) is 0.667. The molecule has 0 fully saturated rings. The fourth-order valence-corrected chi connectivity index (χ4v) is 2.69. The molecule has 1 heterocycles. The molecule has 3 heteroatoms. The largest absolute Gasteiger partial charge is 0.271 e. The van der Waals surface area contributed by atoms with E-state index in [4.69, 9.17) is 5.84 Å². The Morgan fingerprint density at radius 2 is 2.13 bits per heavy atom. The predicted octanol–water partition coefficient (Wildman–Crippen LogP) is 2.95. The van der Waals surface area contributed by atoms with E-state index in [9.17, 15) is 0 Å². The third-order valence-electron chi connectivity index (χ3n) is 3.04. The van der Waals surface area contributed by atoms with Crippen molar-refractivity contribution in [2.45, 2.75) is 45.6 Å². The van der Waals surface area contributed by atoms with Gasteiger partial charge in [-0.3, -0.25) is 11.3 Å². The highest BCUT2D eigenvalue weighted by atomic mass is 32.1. The molecule has 1 aromatic heterocycles. The monoisotopic (exact) mass is 226 g/mol. The van der Waals surface area contributed by atoms with Crippen LogP contribution in [0.3, 0.4) is 0 Å². The third-order valence-corrected chi connectivity index (χ3v) is 3.93. The number of hydrogen-bond acceptors (Lipinski definition) is 3. The average molecular weight is 226 g/mol. The highest BCUT2D eigenvalue weighted by Crippen LogP contribution is 2.19. The molecule has 2 nitrogen and oxygen atoms in total. The summed E-state index contributed by atoms with van der Waals surface area (Å²) in [7, 11) is 0. The second-order valence-electron chi connectivity index (χ2n) is 4.07. The van der Waals surface area contributed by atoms with Crippen LogP contribution in [-0.2, 0) is 6.42 Å². The average Bonchev–Trinajstić information content (AvgIpc) is 2.76. The summed E-state index contributed by atoms with van der Waals surface area (Å²) in [5, 5.41) is 2.13. The van der Waals surface area contributed by atoms with Gasteiger partial charge in [-0.2, -0.15) is 0 Å². The summed E-state index contributed by atoms with van der Waals surface area (Å²) in [6, 6.07) is 4.71.